The molecule has 0 bridgehead atoms. The van der Waals surface area contributed by atoms with E-state index in [-0.39, 0.29) is 57.1 Å². The van der Waals surface area contributed by atoms with Gasteiger partial charge in [0.15, 0.2) is 4.87 Å². The Balaban J connectivity index is 0.00000225. The first kappa shape index (κ1) is 16.4. The standard InChI is InChI=1S/C8H11NO5S.K/c1-4(10)9-5(6(11)12)3-15-8(9,2)7(13)14;/h5H,3H2,1-2H3,(H,11,12)(H,13,14);. The van der Waals surface area contributed by atoms with Crippen molar-refractivity contribution in [3.05, 3.63) is 0 Å². The molecule has 0 spiro atoms. The molecule has 2 unspecified atom stereocenters. The number of thioether (sulfide) groups is 1. The number of amides is 1. The first-order valence-corrected chi connectivity index (χ1v) is 5.19. The zero-order valence-corrected chi connectivity index (χ0v) is 13.2. The minimum absolute atomic E-state index is 0. The molecule has 0 aromatic heterocycles. The molecule has 1 heterocycles. The average Bonchev–Trinajstić information content (AvgIpc) is 2.44. The summed E-state index contributed by atoms with van der Waals surface area (Å²) < 4.78 is 0. The summed E-state index contributed by atoms with van der Waals surface area (Å²) in [4.78, 5) is 32.5. The van der Waals surface area contributed by atoms with Crippen molar-refractivity contribution in [1.82, 2.24) is 4.90 Å². The van der Waals surface area contributed by atoms with E-state index in [1.807, 2.05) is 0 Å². The van der Waals surface area contributed by atoms with Gasteiger partial charge in [-0.3, -0.25) is 4.79 Å². The van der Waals surface area contributed by atoms with E-state index in [9.17, 15) is 14.4 Å². The normalized spacial score (nSPS) is 28.4. The van der Waals surface area contributed by atoms with E-state index >= 15 is 0 Å². The molecule has 0 aliphatic carbocycles. The van der Waals surface area contributed by atoms with E-state index in [0.29, 0.717) is 0 Å². The van der Waals surface area contributed by atoms with Crippen LogP contribution in [0.5, 0.6) is 0 Å². The number of carboxylic acid groups (broad SMARTS) is 2. The maximum atomic E-state index is 11.3. The van der Waals surface area contributed by atoms with Gasteiger partial charge in [0, 0.05) is 64.1 Å². The Kier molecular flexibility index (Phi) is 5.97. The van der Waals surface area contributed by atoms with Crippen molar-refractivity contribution in [1.29, 1.82) is 0 Å². The second-order valence-corrected chi connectivity index (χ2v) is 4.76. The van der Waals surface area contributed by atoms with Gasteiger partial charge >= 0.3 is 11.9 Å². The summed E-state index contributed by atoms with van der Waals surface area (Å²) in [7, 11) is 0. The van der Waals surface area contributed by atoms with Gasteiger partial charge in [0.1, 0.15) is 6.04 Å². The number of rotatable bonds is 2. The third kappa shape index (κ3) is 2.80. The topological polar surface area (TPSA) is 94.9 Å². The minimum Gasteiger partial charge on any atom is -0.480 e. The number of aliphatic carboxylic acids is 2. The van der Waals surface area contributed by atoms with Gasteiger partial charge in [-0.2, -0.15) is 0 Å². The molecule has 6 nitrogen and oxygen atoms in total. The maximum Gasteiger partial charge on any atom is 0.340 e. The fourth-order valence-electron chi connectivity index (χ4n) is 1.55. The fraction of sp³-hybridized carbons (Fsp3) is 0.625. The Morgan fingerprint density at radius 2 is 1.88 bits per heavy atom. The van der Waals surface area contributed by atoms with Crippen LogP contribution in [-0.2, 0) is 14.4 Å². The predicted molar refractivity (Wildman–Crippen MR) is 58.2 cm³/mol. The van der Waals surface area contributed by atoms with Crippen molar-refractivity contribution in [2.75, 3.05) is 5.75 Å². The number of carboxylic acids is 2. The van der Waals surface area contributed by atoms with Gasteiger partial charge in [-0.15, -0.1) is 11.8 Å². The predicted octanol–water partition coefficient (Wildman–Crippen LogP) is -0.545. The van der Waals surface area contributed by atoms with E-state index in [2.05, 4.69) is 0 Å². The van der Waals surface area contributed by atoms with Crippen molar-refractivity contribution >= 4 is 81.0 Å². The van der Waals surface area contributed by atoms with Gasteiger partial charge in [0.25, 0.3) is 0 Å². The van der Waals surface area contributed by atoms with Crippen LogP contribution in [0.15, 0.2) is 0 Å². The van der Waals surface area contributed by atoms with E-state index in [4.69, 9.17) is 10.2 Å². The van der Waals surface area contributed by atoms with E-state index in [1.165, 1.54) is 13.8 Å². The molecule has 1 amide bonds. The number of nitrogens with zero attached hydrogens (tertiary/aromatic N) is 1. The van der Waals surface area contributed by atoms with Crippen LogP contribution >= 0.6 is 11.8 Å². The van der Waals surface area contributed by atoms with Crippen LogP contribution in [0, 0.1) is 0 Å². The minimum atomic E-state index is -1.48. The van der Waals surface area contributed by atoms with Gasteiger partial charge in [0.05, 0.1) is 0 Å². The molecule has 0 saturated carbocycles. The third-order valence-electron chi connectivity index (χ3n) is 2.31. The summed E-state index contributed by atoms with van der Waals surface area (Å²) in [6.07, 6.45) is 0. The summed E-state index contributed by atoms with van der Waals surface area (Å²) in [6.45, 7) is 2.51. The van der Waals surface area contributed by atoms with E-state index < -0.39 is 28.8 Å². The zero-order chi connectivity index (χ0) is 11.8. The van der Waals surface area contributed by atoms with Gasteiger partial charge in [-0.25, -0.2) is 9.59 Å². The molecular weight excluding hydrogens is 261 g/mol. The first-order valence-electron chi connectivity index (χ1n) is 4.20. The summed E-state index contributed by atoms with van der Waals surface area (Å²) in [6, 6.07) is -1.06. The molecule has 2 atom stereocenters. The zero-order valence-electron chi connectivity index (χ0n) is 9.26. The molecule has 1 fully saturated rings. The molecule has 8 heteroatoms. The van der Waals surface area contributed by atoms with Crippen LogP contribution in [0.2, 0.25) is 0 Å². The van der Waals surface area contributed by atoms with Crippen LogP contribution in [0.1, 0.15) is 13.8 Å². The van der Waals surface area contributed by atoms with E-state index in [1.54, 1.807) is 0 Å². The van der Waals surface area contributed by atoms with E-state index in [0.717, 1.165) is 16.7 Å². The number of hydrogen-bond donors (Lipinski definition) is 2. The van der Waals surface area contributed by atoms with Gasteiger partial charge in [-0.1, -0.05) is 0 Å². The second kappa shape index (κ2) is 5.83. The van der Waals surface area contributed by atoms with Crippen molar-refractivity contribution in [2.45, 2.75) is 24.8 Å². The summed E-state index contributed by atoms with van der Waals surface area (Å²) >= 11 is 0.950. The number of carbonyl (C=O) groups excluding carboxylic acids is 1. The Morgan fingerprint density at radius 3 is 2.19 bits per heavy atom. The van der Waals surface area contributed by atoms with Crippen LogP contribution < -0.4 is 0 Å². The van der Waals surface area contributed by atoms with Crippen molar-refractivity contribution < 1.29 is 24.6 Å². The molecular formula is C8H11KNO5S. The third-order valence-corrected chi connectivity index (χ3v) is 3.73. The van der Waals surface area contributed by atoms with Crippen LogP contribution in [0.4, 0.5) is 0 Å². The van der Waals surface area contributed by atoms with Crippen LogP contribution in [0.25, 0.3) is 0 Å². The summed E-state index contributed by atoms with van der Waals surface area (Å²) in [5, 5.41) is 17.8. The van der Waals surface area contributed by atoms with Gasteiger partial charge in [0.2, 0.25) is 5.91 Å². The average molecular weight is 272 g/mol. The molecule has 1 radical (unpaired) electrons. The smallest absolute Gasteiger partial charge is 0.340 e. The summed E-state index contributed by atoms with van der Waals surface area (Å²) in [5.74, 6) is -2.83. The molecule has 1 aliphatic heterocycles. The monoisotopic (exact) mass is 272 g/mol. The molecule has 0 aromatic carbocycles. The Labute approximate surface area is 139 Å². The van der Waals surface area contributed by atoms with Crippen LogP contribution in [-0.4, -0.2) is 101 Å². The van der Waals surface area contributed by atoms with Gasteiger partial charge in [-0.05, 0) is 6.92 Å². The number of carbonyl (C=O) groups is 3. The van der Waals surface area contributed by atoms with Crippen molar-refractivity contribution in [3.63, 3.8) is 0 Å². The molecule has 0 aromatic rings. The largest absolute Gasteiger partial charge is 0.480 e. The molecule has 85 valence electrons. The quantitative estimate of drug-likeness (QED) is 0.655. The van der Waals surface area contributed by atoms with Crippen molar-refractivity contribution in [3.8, 4) is 0 Å². The van der Waals surface area contributed by atoms with Crippen LogP contribution in [0.3, 0.4) is 0 Å². The molecule has 1 saturated heterocycles. The SMILES string of the molecule is CC(=O)N1C(C(=O)O)CSC1(C)C(=O)O.[K]. The molecule has 1 rings (SSSR count). The van der Waals surface area contributed by atoms with Crippen molar-refractivity contribution in [2.24, 2.45) is 0 Å². The Bertz CT molecular complexity index is 336. The summed E-state index contributed by atoms with van der Waals surface area (Å²) in [5.41, 5.74) is 0. The fourth-order valence-corrected chi connectivity index (χ4v) is 2.84. The Hall–Kier alpha value is 0.396. The Morgan fingerprint density at radius 1 is 1.38 bits per heavy atom. The molecule has 2 N–H and O–H groups in total. The van der Waals surface area contributed by atoms with Gasteiger partial charge < -0.3 is 15.1 Å². The number of hydrogen-bond acceptors (Lipinski definition) is 4. The molecule has 1 aliphatic rings. The second-order valence-electron chi connectivity index (χ2n) is 3.34. The first-order chi connectivity index (χ1) is 6.80. The molecule has 16 heavy (non-hydrogen) atoms. The maximum absolute atomic E-state index is 11.3.